The molecule has 0 atom stereocenters. The van der Waals surface area contributed by atoms with E-state index in [-0.39, 0.29) is 16.3 Å². The zero-order valence-electron chi connectivity index (χ0n) is 19.3. The normalized spacial score (nSPS) is 13.8. The maximum atomic E-state index is 13.1. The molecule has 1 heterocycles. The lowest BCUT2D eigenvalue weighted by Gasteiger charge is -2.13. The molecule has 2 amide bonds. The number of hydrazone groups is 1. The zero-order chi connectivity index (χ0) is 25.1. The molecule has 2 N–H and O–H groups in total. The maximum Gasteiger partial charge on any atom is 0.291 e. The first-order valence-electron chi connectivity index (χ1n) is 10.8. The highest BCUT2D eigenvalue weighted by atomic mass is 35.5. The lowest BCUT2D eigenvalue weighted by Crippen LogP contribution is -2.22. The van der Waals surface area contributed by atoms with E-state index in [0.29, 0.717) is 52.1 Å². The number of fused-ring (bicyclic) bond motifs is 1. The van der Waals surface area contributed by atoms with Crippen LogP contribution in [0.5, 0.6) is 11.5 Å². The standard InChI is InChI=1S/C25H23Cl2N3O5/c1-13-22-18(29-30-24(31)16-9-7-14(26)11-17(16)27)5-4-6-21(22)35-23(13)25(32)28-19-12-15(33-2)8-10-20(19)34-3/h7-12H,4-6H2,1-3H3,(H,28,32)(H,30,31)/b29-18+. The van der Waals surface area contributed by atoms with Gasteiger partial charge in [0.25, 0.3) is 11.8 Å². The van der Waals surface area contributed by atoms with Crippen molar-refractivity contribution in [3.63, 3.8) is 0 Å². The summed E-state index contributed by atoms with van der Waals surface area (Å²) in [6.07, 6.45) is 2.04. The van der Waals surface area contributed by atoms with Crippen LogP contribution in [0.15, 0.2) is 45.9 Å². The number of halogens is 2. The minimum absolute atomic E-state index is 0.168. The van der Waals surface area contributed by atoms with Gasteiger partial charge >= 0.3 is 0 Å². The molecular formula is C25H23Cl2N3O5. The molecule has 0 radical (unpaired) electrons. The number of hydrogen-bond acceptors (Lipinski definition) is 6. The van der Waals surface area contributed by atoms with Gasteiger partial charge in [-0.1, -0.05) is 23.2 Å². The van der Waals surface area contributed by atoms with Crippen molar-refractivity contribution < 1.29 is 23.5 Å². The van der Waals surface area contributed by atoms with Crippen molar-refractivity contribution in [2.45, 2.75) is 26.2 Å². The SMILES string of the molecule is COc1ccc(OC)c(NC(=O)c2oc3c(c2C)/C(=N/NC(=O)c2ccc(Cl)cc2Cl)CCC3)c1. The van der Waals surface area contributed by atoms with Crippen LogP contribution in [0.4, 0.5) is 5.69 Å². The number of aryl methyl sites for hydroxylation is 1. The smallest absolute Gasteiger partial charge is 0.291 e. The Morgan fingerprint density at radius 3 is 2.54 bits per heavy atom. The number of ether oxygens (including phenoxy) is 2. The van der Waals surface area contributed by atoms with Crippen LogP contribution in [0.3, 0.4) is 0 Å². The Bertz CT molecular complexity index is 1330. The molecule has 0 spiro atoms. The van der Waals surface area contributed by atoms with Crippen molar-refractivity contribution in [2.24, 2.45) is 5.10 Å². The molecule has 182 valence electrons. The van der Waals surface area contributed by atoms with E-state index >= 15 is 0 Å². The van der Waals surface area contributed by atoms with Gasteiger partial charge in [0, 0.05) is 28.6 Å². The Labute approximate surface area is 212 Å². The number of hydrogen-bond donors (Lipinski definition) is 2. The van der Waals surface area contributed by atoms with Crippen LogP contribution in [-0.4, -0.2) is 31.7 Å². The number of carbonyl (C=O) groups excluding carboxylic acids is 2. The molecule has 1 aromatic heterocycles. The van der Waals surface area contributed by atoms with E-state index in [4.69, 9.17) is 37.1 Å². The molecule has 0 fully saturated rings. The van der Waals surface area contributed by atoms with Crippen molar-refractivity contribution in [1.29, 1.82) is 0 Å². The fourth-order valence-electron chi connectivity index (χ4n) is 3.94. The number of benzene rings is 2. The van der Waals surface area contributed by atoms with E-state index in [1.54, 1.807) is 38.3 Å². The Morgan fingerprint density at radius 1 is 1.03 bits per heavy atom. The molecule has 0 saturated heterocycles. The fourth-order valence-corrected chi connectivity index (χ4v) is 4.43. The van der Waals surface area contributed by atoms with Crippen molar-refractivity contribution >= 4 is 46.4 Å². The van der Waals surface area contributed by atoms with E-state index in [9.17, 15) is 9.59 Å². The molecule has 0 bridgehead atoms. The van der Waals surface area contributed by atoms with E-state index < -0.39 is 11.8 Å². The monoisotopic (exact) mass is 515 g/mol. The molecular weight excluding hydrogens is 493 g/mol. The number of rotatable bonds is 6. The van der Waals surface area contributed by atoms with Gasteiger partial charge in [0.1, 0.15) is 17.3 Å². The zero-order valence-corrected chi connectivity index (χ0v) is 20.8. The number of nitrogens with one attached hydrogen (secondary N) is 2. The molecule has 4 rings (SSSR count). The summed E-state index contributed by atoms with van der Waals surface area (Å²) < 4.78 is 16.5. The first-order valence-corrected chi connectivity index (χ1v) is 11.6. The second kappa shape index (κ2) is 10.4. The number of nitrogens with zero attached hydrogens (tertiary/aromatic N) is 1. The predicted octanol–water partition coefficient (Wildman–Crippen LogP) is 5.63. The van der Waals surface area contributed by atoms with Gasteiger partial charge in [-0.3, -0.25) is 9.59 Å². The highest BCUT2D eigenvalue weighted by Crippen LogP contribution is 2.33. The topological polar surface area (TPSA) is 102 Å². The van der Waals surface area contributed by atoms with Crippen molar-refractivity contribution in [2.75, 3.05) is 19.5 Å². The fraction of sp³-hybridized carbons (Fsp3) is 0.240. The van der Waals surface area contributed by atoms with Crippen molar-refractivity contribution in [1.82, 2.24) is 5.43 Å². The third-order valence-electron chi connectivity index (χ3n) is 5.65. The highest BCUT2D eigenvalue weighted by Gasteiger charge is 2.28. The Hall–Kier alpha value is -3.49. The molecule has 2 aromatic carbocycles. The van der Waals surface area contributed by atoms with Crippen molar-refractivity contribution in [3.8, 4) is 11.5 Å². The van der Waals surface area contributed by atoms with Gasteiger partial charge in [0.2, 0.25) is 0 Å². The molecule has 0 aliphatic heterocycles. The summed E-state index contributed by atoms with van der Waals surface area (Å²) in [6.45, 7) is 1.79. The first-order chi connectivity index (χ1) is 16.8. The van der Waals surface area contributed by atoms with E-state index in [1.165, 1.54) is 19.2 Å². The third kappa shape index (κ3) is 5.13. The minimum atomic E-state index is -0.462. The largest absolute Gasteiger partial charge is 0.497 e. The maximum absolute atomic E-state index is 13.1. The third-order valence-corrected chi connectivity index (χ3v) is 6.20. The molecule has 1 aliphatic rings. The van der Waals surface area contributed by atoms with Gasteiger partial charge in [-0.2, -0.15) is 5.10 Å². The van der Waals surface area contributed by atoms with E-state index in [0.717, 1.165) is 12.0 Å². The van der Waals surface area contributed by atoms with Gasteiger partial charge in [0.05, 0.1) is 36.2 Å². The van der Waals surface area contributed by atoms with Crippen LogP contribution in [0.25, 0.3) is 0 Å². The summed E-state index contributed by atoms with van der Waals surface area (Å²) in [7, 11) is 3.06. The van der Waals surface area contributed by atoms with Gasteiger partial charge in [-0.05, 0) is 50.1 Å². The predicted molar refractivity (Wildman–Crippen MR) is 134 cm³/mol. The Kier molecular flexibility index (Phi) is 7.33. The first kappa shape index (κ1) is 24.6. The average Bonchev–Trinajstić information content (AvgIpc) is 3.19. The lowest BCUT2D eigenvalue weighted by atomic mass is 9.93. The van der Waals surface area contributed by atoms with Crippen LogP contribution in [0.2, 0.25) is 10.0 Å². The number of furan rings is 1. The summed E-state index contributed by atoms with van der Waals surface area (Å²) in [4.78, 5) is 25.7. The summed E-state index contributed by atoms with van der Waals surface area (Å²) in [6, 6.07) is 9.71. The molecule has 1 aliphatic carbocycles. The number of carbonyl (C=O) groups is 2. The molecule has 35 heavy (non-hydrogen) atoms. The van der Waals surface area contributed by atoms with Gasteiger partial charge in [-0.25, -0.2) is 5.43 Å². The van der Waals surface area contributed by atoms with E-state index in [1.807, 2.05) is 0 Å². The van der Waals surface area contributed by atoms with Crippen LogP contribution in [0, 0.1) is 6.92 Å². The second-order valence-electron chi connectivity index (χ2n) is 7.85. The van der Waals surface area contributed by atoms with Crippen LogP contribution >= 0.6 is 23.2 Å². The Balaban J connectivity index is 1.59. The molecule has 3 aromatic rings. The molecule has 0 unspecified atom stereocenters. The number of anilines is 1. The molecule has 10 heteroatoms. The lowest BCUT2D eigenvalue weighted by molar-refractivity contribution is 0.0953. The number of amides is 2. The summed E-state index contributed by atoms with van der Waals surface area (Å²) in [5.74, 6) is 0.979. The summed E-state index contributed by atoms with van der Waals surface area (Å²) >= 11 is 12.0. The van der Waals surface area contributed by atoms with Gasteiger partial charge < -0.3 is 19.2 Å². The van der Waals surface area contributed by atoms with Gasteiger partial charge in [0.15, 0.2) is 5.76 Å². The summed E-state index contributed by atoms with van der Waals surface area (Å²) in [5.41, 5.74) is 5.25. The van der Waals surface area contributed by atoms with Crippen LogP contribution in [-0.2, 0) is 6.42 Å². The van der Waals surface area contributed by atoms with E-state index in [2.05, 4.69) is 15.8 Å². The quantitative estimate of drug-likeness (QED) is 0.413. The highest BCUT2D eigenvalue weighted by molar-refractivity contribution is 6.36. The van der Waals surface area contributed by atoms with Crippen LogP contribution < -0.4 is 20.2 Å². The van der Waals surface area contributed by atoms with Crippen LogP contribution in [0.1, 0.15) is 50.6 Å². The van der Waals surface area contributed by atoms with Crippen molar-refractivity contribution in [3.05, 3.63) is 74.7 Å². The number of methoxy groups -OCH3 is 2. The molecule has 8 nitrogen and oxygen atoms in total. The Morgan fingerprint density at radius 2 is 1.83 bits per heavy atom. The minimum Gasteiger partial charge on any atom is -0.497 e. The average molecular weight is 516 g/mol. The second-order valence-corrected chi connectivity index (χ2v) is 8.70. The summed E-state index contributed by atoms with van der Waals surface area (Å²) in [5, 5.41) is 7.82. The van der Waals surface area contributed by atoms with Gasteiger partial charge in [-0.15, -0.1) is 0 Å². The molecule has 0 saturated carbocycles.